The molecule has 0 amide bonds. The van der Waals surface area contributed by atoms with Crippen LogP contribution in [0.5, 0.6) is 0 Å². The van der Waals surface area contributed by atoms with Crippen molar-refractivity contribution in [3.63, 3.8) is 0 Å². The van der Waals surface area contributed by atoms with Crippen molar-refractivity contribution in [3.8, 4) is 0 Å². The molecular weight excluding hydrogens is 466 g/mol. The van der Waals surface area contributed by atoms with Crippen LogP contribution in [0.1, 0.15) is 0 Å². The minimum Gasteiger partial charge on any atom is -0.287 e. The van der Waals surface area contributed by atoms with Gasteiger partial charge < -0.3 is 0 Å². The van der Waals surface area contributed by atoms with Crippen molar-refractivity contribution >= 4 is 0 Å². The zero-order valence-electron chi connectivity index (χ0n) is 11.7. The van der Waals surface area contributed by atoms with Gasteiger partial charge in [0.1, 0.15) is 0 Å². The predicted molar refractivity (Wildman–Crippen MR) is 45.6 cm³/mol. The van der Waals surface area contributed by atoms with Gasteiger partial charge in [-0.05, 0) is 0 Å². The highest BCUT2D eigenvalue weighted by atomic mass is 19.4. The molecule has 0 aromatic heterocycles. The van der Waals surface area contributed by atoms with E-state index in [-0.39, 0.29) is 0 Å². The van der Waals surface area contributed by atoms with E-state index in [2.05, 4.69) is 0 Å². The third-order valence-corrected chi connectivity index (χ3v) is 3.47. The summed E-state index contributed by atoms with van der Waals surface area (Å²) >= 11 is 0. The van der Waals surface area contributed by atoms with Crippen LogP contribution in [0.3, 0.4) is 0 Å². The highest BCUT2D eigenvalue weighted by Crippen LogP contribution is 2.73. The summed E-state index contributed by atoms with van der Waals surface area (Å²) in [4.78, 5) is 0. The van der Waals surface area contributed by atoms with Crippen LogP contribution in [0.4, 0.5) is 79.0 Å². The summed E-state index contributed by atoms with van der Waals surface area (Å²) in [5, 5.41) is 0. The van der Waals surface area contributed by atoms with Crippen LogP contribution in [0.2, 0.25) is 0 Å². The number of hydrogen-bond donors (Lipinski definition) is 0. The van der Waals surface area contributed by atoms with Crippen LogP contribution in [0, 0.1) is 0 Å². The summed E-state index contributed by atoms with van der Waals surface area (Å²) in [5.41, 5.74) is -8.20. The van der Waals surface area contributed by atoms with E-state index < -0.39 is 53.7 Å². The summed E-state index contributed by atoms with van der Waals surface area (Å²) < 4.78 is 231. The number of ether oxygens (including phenoxy) is 1. The molecule has 1 nitrogen and oxygen atoms in total. The molecule has 0 aliphatic heterocycles. The third-order valence-electron chi connectivity index (χ3n) is 3.47. The molecule has 0 spiro atoms. The van der Waals surface area contributed by atoms with E-state index in [1.807, 2.05) is 0 Å². The lowest BCUT2D eigenvalue weighted by molar-refractivity contribution is -0.504. The van der Waals surface area contributed by atoms with E-state index in [0.29, 0.717) is 0 Å². The molecule has 0 radical (unpaired) electrons. The molecule has 1 saturated carbocycles. The first kappa shape index (κ1) is 24.7. The van der Waals surface area contributed by atoms with Gasteiger partial charge in [-0.15, -0.1) is 0 Å². The second-order valence-corrected chi connectivity index (χ2v) is 5.17. The fourth-order valence-electron chi connectivity index (χ4n) is 2.00. The molecule has 0 heterocycles. The lowest BCUT2D eigenvalue weighted by atomic mass is 9.93. The highest BCUT2D eigenvalue weighted by molar-refractivity contribution is 5.30. The van der Waals surface area contributed by atoms with Crippen molar-refractivity contribution in [2.75, 3.05) is 0 Å². The summed E-state index contributed by atoms with van der Waals surface area (Å²) in [6.07, 6.45) is -23.9. The van der Waals surface area contributed by atoms with E-state index >= 15 is 0 Å². The number of halogens is 18. The molecule has 1 rings (SSSR count). The molecule has 19 heteroatoms. The fourth-order valence-corrected chi connectivity index (χ4v) is 2.00. The Hall–Kier alpha value is -1.30. The average molecular weight is 466 g/mol. The molecular formula is C9F18O. The van der Waals surface area contributed by atoms with Gasteiger partial charge in [-0.25, -0.2) is 0 Å². The lowest BCUT2D eigenvalue weighted by Crippen LogP contribution is -2.72. The van der Waals surface area contributed by atoms with Gasteiger partial charge >= 0.3 is 53.7 Å². The Morgan fingerprint density at radius 1 is 0.464 bits per heavy atom. The van der Waals surface area contributed by atoms with E-state index in [9.17, 15) is 79.0 Å². The lowest BCUT2D eigenvalue weighted by Gasteiger charge is -2.42. The summed E-state index contributed by atoms with van der Waals surface area (Å²) in [6.45, 7) is 0. The molecule has 168 valence electrons. The van der Waals surface area contributed by atoms with E-state index in [4.69, 9.17) is 0 Å². The SMILES string of the molecule is FC(F)(F)C(F)(F)C(F)(F)OC1(C(F)(F)F)C(F)(F)C(F)(F)C(F)(F)C1(F)F. The van der Waals surface area contributed by atoms with Gasteiger partial charge in [-0.2, -0.15) is 79.0 Å². The van der Waals surface area contributed by atoms with Gasteiger partial charge in [-0.1, -0.05) is 0 Å². The van der Waals surface area contributed by atoms with Gasteiger partial charge in [0, 0.05) is 0 Å². The van der Waals surface area contributed by atoms with Gasteiger partial charge in [0.25, 0.3) is 0 Å². The first-order valence-electron chi connectivity index (χ1n) is 5.81. The second kappa shape index (κ2) is 5.44. The third kappa shape index (κ3) is 2.36. The molecule has 0 atom stereocenters. The van der Waals surface area contributed by atoms with Gasteiger partial charge in [0.05, 0.1) is 0 Å². The molecule has 0 bridgehead atoms. The van der Waals surface area contributed by atoms with Crippen LogP contribution in [0.15, 0.2) is 0 Å². The predicted octanol–water partition coefficient (Wildman–Crippen LogP) is 5.65. The van der Waals surface area contributed by atoms with E-state index in [1.54, 1.807) is 0 Å². The summed E-state index contributed by atoms with van der Waals surface area (Å²) in [6, 6.07) is 0. The van der Waals surface area contributed by atoms with E-state index in [0.717, 1.165) is 0 Å². The number of rotatable bonds is 3. The molecule has 0 aromatic rings. The molecule has 1 fully saturated rings. The van der Waals surface area contributed by atoms with Crippen LogP contribution in [0.25, 0.3) is 0 Å². The zero-order valence-corrected chi connectivity index (χ0v) is 11.7. The van der Waals surface area contributed by atoms with Gasteiger partial charge in [0.15, 0.2) is 0 Å². The topological polar surface area (TPSA) is 9.23 Å². The fraction of sp³-hybridized carbons (Fsp3) is 1.00. The van der Waals surface area contributed by atoms with Crippen LogP contribution >= 0.6 is 0 Å². The molecule has 0 aromatic carbocycles. The van der Waals surface area contributed by atoms with Crippen molar-refractivity contribution in [3.05, 3.63) is 0 Å². The number of hydrogen-bond acceptors (Lipinski definition) is 1. The quantitative estimate of drug-likeness (QED) is 0.489. The Morgan fingerprint density at radius 3 is 0.964 bits per heavy atom. The maximum Gasteiger partial charge on any atom is 0.462 e. The van der Waals surface area contributed by atoms with Crippen molar-refractivity contribution in [2.24, 2.45) is 0 Å². The normalized spacial score (nSPS) is 26.4. The van der Waals surface area contributed by atoms with Crippen molar-refractivity contribution < 1.29 is 83.8 Å². The molecule has 28 heavy (non-hydrogen) atoms. The van der Waals surface area contributed by atoms with Crippen LogP contribution in [-0.2, 0) is 4.74 Å². The first-order chi connectivity index (χ1) is 11.7. The maximum atomic E-state index is 13.3. The van der Waals surface area contributed by atoms with Gasteiger partial charge in [-0.3, -0.25) is 4.74 Å². The standard InChI is InChI=1S/C9F18O/c10-2(11)1(7(20,21)22,3(12,13)5(16,17)4(2,14)15)28-9(26,27)6(18,19)8(23,24)25. The average Bonchev–Trinajstić information content (AvgIpc) is 2.45. The monoisotopic (exact) mass is 466 g/mol. The Bertz CT molecular complexity index is 596. The smallest absolute Gasteiger partial charge is 0.287 e. The molecule has 1 aliphatic carbocycles. The molecule has 0 saturated heterocycles. The minimum absolute atomic E-state index is 1.26. The van der Waals surface area contributed by atoms with Crippen molar-refractivity contribution in [2.45, 2.75) is 53.7 Å². The largest absolute Gasteiger partial charge is 0.462 e. The Labute approximate surface area is 139 Å². The maximum absolute atomic E-state index is 13.3. The van der Waals surface area contributed by atoms with E-state index in [1.165, 1.54) is 4.74 Å². The minimum atomic E-state index is -8.20. The zero-order chi connectivity index (χ0) is 23.2. The van der Waals surface area contributed by atoms with Gasteiger partial charge in [0.2, 0.25) is 0 Å². The summed E-state index contributed by atoms with van der Waals surface area (Å²) in [5.74, 6) is -40.1. The van der Waals surface area contributed by atoms with Crippen LogP contribution in [-0.4, -0.2) is 53.7 Å². The summed E-state index contributed by atoms with van der Waals surface area (Å²) in [7, 11) is 0. The Morgan fingerprint density at radius 2 is 0.750 bits per heavy atom. The molecule has 0 unspecified atom stereocenters. The molecule has 0 N–H and O–H groups in total. The Kier molecular flexibility index (Phi) is 4.80. The Balaban J connectivity index is 3.96. The van der Waals surface area contributed by atoms with Crippen molar-refractivity contribution in [1.29, 1.82) is 0 Å². The molecule has 1 aliphatic rings. The second-order valence-electron chi connectivity index (χ2n) is 5.17. The van der Waals surface area contributed by atoms with Crippen LogP contribution < -0.4 is 0 Å². The van der Waals surface area contributed by atoms with Crippen molar-refractivity contribution in [1.82, 2.24) is 0 Å². The number of alkyl halides is 18. The first-order valence-corrected chi connectivity index (χ1v) is 5.81. The highest BCUT2D eigenvalue weighted by Gasteiger charge is 3.07.